The molecule has 0 aliphatic carbocycles. The number of amides is 1. The lowest BCUT2D eigenvalue weighted by Crippen LogP contribution is -2.49. The lowest BCUT2D eigenvalue weighted by molar-refractivity contribution is -0.126. The van der Waals surface area contributed by atoms with Gasteiger partial charge in [0.1, 0.15) is 0 Å². The third kappa shape index (κ3) is 4.07. The first-order valence-electron chi connectivity index (χ1n) is 5.45. The third-order valence-corrected chi connectivity index (χ3v) is 2.29. The zero-order chi connectivity index (χ0) is 11.0. The number of rotatable bonds is 7. The largest absolute Gasteiger partial charge is 0.293 e. The molecule has 1 atom stereocenters. The molecule has 0 aliphatic heterocycles. The molecule has 14 heavy (non-hydrogen) atoms. The zero-order valence-corrected chi connectivity index (χ0v) is 9.55. The Labute approximate surface area is 86.8 Å². The Morgan fingerprint density at radius 1 is 1.29 bits per heavy atom. The average molecular weight is 201 g/mol. The molecule has 0 spiro atoms. The van der Waals surface area contributed by atoms with Gasteiger partial charge in [-0.15, -0.1) is 0 Å². The van der Waals surface area contributed by atoms with Crippen LogP contribution >= 0.6 is 0 Å². The summed E-state index contributed by atoms with van der Waals surface area (Å²) in [5.74, 6) is 5.08. The Balaban J connectivity index is 4.31. The van der Waals surface area contributed by atoms with Crippen molar-refractivity contribution in [1.29, 1.82) is 0 Å². The number of nitrogens with one attached hydrogen (secondary N) is 1. The minimum atomic E-state index is -0.0746. The van der Waals surface area contributed by atoms with Crippen molar-refractivity contribution < 1.29 is 4.79 Å². The molecule has 0 heterocycles. The van der Waals surface area contributed by atoms with Gasteiger partial charge in [0.25, 0.3) is 5.91 Å². The Bertz CT molecular complexity index is 155. The molecule has 0 aromatic rings. The first-order chi connectivity index (χ1) is 6.71. The number of hydrogen-bond acceptors (Lipinski definition) is 3. The molecule has 84 valence electrons. The van der Waals surface area contributed by atoms with Gasteiger partial charge in [0.2, 0.25) is 0 Å². The van der Waals surface area contributed by atoms with Gasteiger partial charge in [0.15, 0.2) is 0 Å². The number of nitrogens with two attached hydrogens (primary N) is 1. The van der Waals surface area contributed by atoms with Crippen LogP contribution < -0.4 is 11.3 Å². The fraction of sp³-hybridized carbons (Fsp3) is 0.900. The van der Waals surface area contributed by atoms with Crippen molar-refractivity contribution in [3.8, 4) is 0 Å². The van der Waals surface area contributed by atoms with Crippen LogP contribution in [0, 0.1) is 0 Å². The minimum Gasteiger partial charge on any atom is -0.293 e. The first kappa shape index (κ1) is 13.4. The fourth-order valence-electron chi connectivity index (χ4n) is 1.70. The van der Waals surface area contributed by atoms with E-state index >= 15 is 0 Å². The van der Waals surface area contributed by atoms with Gasteiger partial charge in [0.05, 0.1) is 6.04 Å². The van der Waals surface area contributed by atoms with Crippen LogP contribution in [0.4, 0.5) is 0 Å². The minimum absolute atomic E-state index is 0.0695. The standard InChI is InChI=1S/C10H23N3O/c1-4-7-13(8-5-2)9(6-3)10(14)12-11/h9H,4-8,11H2,1-3H3,(H,12,14). The molecule has 0 saturated carbocycles. The van der Waals surface area contributed by atoms with E-state index in [1.54, 1.807) is 0 Å². The van der Waals surface area contributed by atoms with Gasteiger partial charge in [-0.05, 0) is 32.4 Å². The molecular formula is C10H23N3O. The lowest BCUT2D eigenvalue weighted by Gasteiger charge is -2.28. The molecule has 0 aromatic heterocycles. The molecule has 1 amide bonds. The van der Waals surface area contributed by atoms with Crippen molar-refractivity contribution in [2.45, 2.75) is 46.1 Å². The molecule has 0 aliphatic rings. The highest BCUT2D eigenvalue weighted by Gasteiger charge is 2.21. The van der Waals surface area contributed by atoms with Gasteiger partial charge >= 0.3 is 0 Å². The quantitative estimate of drug-likeness (QED) is 0.365. The summed E-state index contributed by atoms with van der Waals surface area (Å²) in [6.45, 7) is 8.17. The zero-order valence-electron chi connectivity index (χ0n) is 9.55. The van der Waals surface area contributed by atoms with E-state index in [0.29, 0.717) is 0 Å². The summed E-state index contributed by atoms with van der Waals surface area (Å²) in [6.07, 6.45) is 2.94. The third-order valence-electron chi connectivity index (χ3n) is 2.29. The highest BCUT2D eigenvalue weighted by atomic mass is 16.2. The van der Waals surface area contributed by atoms with E-state index in [0.717, 1.165) is 32.4 Å². The maximum Gasteiger partial charge on any atom is 0.251 e. The predicted octanol–water partition coefficient (Wildman–Crippen LogP) is 0.877. The van der Waals surface area contributed by atoms with Gasteiger partial charge in [-0.25, -0.2) is 5.84 Å². The molecular weight excluding hydrogens is 178 g/mol. The second kappa shape index (κ2) is 7.76. The SMILES string of the molecule is CCCN(CCC)C(CC)C(=O)NN. The van der Waals surface area contributed by atoms with Crippen LogP contribution in [0.15, 0.2) is 0 Å². The molecule has 0 fully saturated rings. The molecule has 0 saturated heterocycles. The smallest absolute Gasteiger partial charge is 0.251 e. The van der Waals surface area contributed by atoms with Crippen LogP contribution in [0.2, 0.25) is 0 Å². The van der Waals surface area contributed by atoms with E-state index < -0.39 is 0 Å². The molecule has 4 heteroatoms. The average Bonchev–Trinajstić information content (AvgIpc) is 2.19. The second-order valence-corrected chi connectivity index (χ2v) is 3.47. The number of hydrogen-bond donors (Lipinski definition) is 2. The maximum atomic E-state index is 11.5. The van der Waals surface area contributed by atoms with Crippen LogP contribution in [-0.4, -0.2) is 29.9 Å². The van der Waals surface area contributed by atoms with E-state index in [1.165, 1.54) is 0 Å². The van der Waals surface area contributed by atoms with E-state index in [1.807, 2.05) is 6.92 Å². The molecule has 0 radical (unpaired) electrons. The van der Waals surface area contributed by atoms with Crippen molar-refractivity contribution >= 4 is 5.91 Å². The lowest BCUT2D eigenvalue weighted by atomic mass is 10.1. The second-order valence-electron chi connectivity index (χ2n) is 3.47. The molecule has 0 bridgehead atoms. The molecule has 1 unspecified atom stereocenters. The van der Waals surface area contributed by atoms with E-state index in [4.69, 9.17) is 5.84 Å². The Morgan fingerprint density at radius 3 is 2.07 bits per heavy atom. The normalized spacial score (nSPS) is 12.9. The van der Waals surface area contributed by atoms with E-state index in [2.05, 4.69) is 24.2 Å². The van der Waals surface area contributed by atoms with Crippen molar-refractivity contribution in [3.63, 3.8) is 0 Å². The van der Waals surface area contributed by atoms with Gasteiger partial charge < -0.3 is 0 Å². The number of nitrogens with zero attached hydrogens (tertiary/aromatic N) is 1. The molecule has 0 aromatic carbocycles. The van der Waals surface area contributed by atoms with Crippen LogP contribution in [0.3, 0.4) is 0 Å². The fourth-order valence-corrected chi connectivity index (χ4v) is 1.70. The van der Waals surface area contributed by atoms with Crippen molar-refractivity contribution in [2.24, 2.45) is 5.84 Å². The Morgan fingerprint density at radius 2 is 1.79 bits per heavy atom. The summed E-state index contributed by atoms with van der Waals surface area (Å²) in [5, 5.41) is 0. The highest BCUT2D eigenvalue weighted by molar-refractivity contribution is 5.81. The molecule has 4 nitrogen and oxygen atoms in total. The van der Waals surface area contributed by atoms with Gasteiger partial charge in [0, 0.05) is 0 Å². The Hall–Kier alpha value is -0.610. The van der Waals surface area contributed by atoms with E-state index in [9.17, 15) is 4.79 Å². The van der Waals surface area contributed by atoms with Crippen molar-refractivity contribution in [1.82, 2.24) is 10.3 Å². The summed E-state index contributed by atoms with van der Waals surface area (Å²) in [6, 6.07) is -0.0695. The van der Waals surface area contributed by atoms with Crippen molar-refractivity contribution in [3.05, 3.63) is 0 Å². The summed E-state index contributed by atoms with van der Waals surface area (Å²) in [4.78, 5) is 13.7. The number of carbonyl (C=O) groups is 1. The summed E-state index contributed by atoms with van der Waals surface area (Å²) in [5.41, 5.74) is 2.23. The van der Waals surface area contributed by atoms with Gasteiger partial charge in [-0.1, -0.05) is 20.8 Å². The number of carbonyl (C=O) groups excluding carboxylic acids is 1. The predicted molar refractivity (Wildman–Crippen MR) is 58.6 cm³/mol. The highest BCUT2D eigenvalue weighted by Crippen LogP contribution is 2.06. The topological polar surface area (TPSA) is 58.4 Å². The number of hydrazine groups is 1. The summed E-state index contributed by atoms with van der Waals surface area (Å²) < 4.78 is 0. The summed E-state index contributed by atoms with van der Waals surface area (Å²) in [7, 11) is 0. The van der Waals surface area contributed by atoms with Crippen LogP contribution in [0.1, 0.15) is 40.0 Å². The van der Waals surface area contributed by atoms with Gasteiger partial charge in [-0.3, -0.25) is 15.1 Å². The maximum absolute atomic E-state index is 11.5. The van der Waals surface area contributed by atoms with Crippen molar-refractivity contribution in [2.75, 3.05) is 13.1 Å². The summed E-state index contributed by atoms with van der Waals surface area (Å²) >= 11 is 0. The Kier molecular flexibility index (Phi) is 7.42. The first-order valence-corrected chi connectivity index (χ1v) is 5.45. The van der Waals surface area contributed by atoms with Crippen LogP contribution in [-0.2, 0) is 4.79 Å². The monoisotopic (exact) mass is 201 g/mol. The van der Waals surface area contributed by atoms with E-state index in [-0.39, 0.29) is 11.9 Å². The van der Waals surface area contributed by atoms with Crippen LogP contribution in [0.25, 0.3) is 0 Å². The van der Waals surface area contributed by atoms with Crippen LogP contribution in [0.5, 0.6) is 0 Å². The molecule has 3 N–H and O–H groups in total. The molecule has 0 rings (SSSR count). The van der Waals surface area contributed by atoms with Gasteiger partial charge in [-0.2, -0.15) is 0 Å².